The quantitative estimate of drug-likeness (QED) is 0.404. The second-order valence-corrected chi connectivity index (χ2v) is 7.65. The molecule has 4 rings (SSSR count). The van der Waals surface area contributed by atoms with Crippen LogP contribution in [0.5, 0.6) is 5.75 Å². The lowest BCUT2D eigenvalue weighted by Crippen LogP contribution is -2.32. The molecule has 2 atom stereocenters. The van der Waals surface area contributed by atoms with Crippen LogP contribution in [0.4, 0.5) is 0 Å². The highest BCUT2D eigenvalue weighted by molar-refractivity contribution is 6.18. The van der Waals surface area contributed by atoms with Gasteiger partial charge >= 0.3 is 5.97 Å². The average molecular weight is 407 g/mol. The number of carbonyl (C=O) groups excluding carboxylic acids is 1. The van der Waals surface area contributed by atoms with Crippen LogP contribution in [0, 0.1) is 0 Å². The minimum Gasteiger partial charge on any atom is -0.492 e. The van der Waals surface area contributed by atoms with E-state index in [1.54, 1.807) is 0 Å². The molecule has 0 N–H and O–H groups in total. The zero-order valence-corrected chi connectivity index (χ0v) is 17.1. The molecule has 3 aromatic rings. The Labute approximate surface area is 176 Å². The maximum Gasteiger partial charge on any atom is 0.317 e. The summed E-state index contributed by atoms with van der Waals surface area (Å²) in [6.45, 7) is 0.459. The van der Waals surface area contributed by atoms with Crippen molar-refractivity contribution in [2.75, 3.05) is 19.6 Å². The van der Waals surface area contributed by atoms with Gasteiger partial charge in [-0.2, -0.15) is 0 Å². The second kappa shape index (κ2) is 7.92. The summed E-state index contributed by atoms with van der Waals surface area (Å²) in [6, 6.07) is 28.1. The van der Waals surface area contributed by atoms with Crippen molar-refractivity contribution in [3.8, 4) is 5.75 Å². The number of benzene rings is 3. The Balaban J connectivity index is 1.87. The van der Waals surface area contributed by atoms with E-state index >= 15 is 0 Å². The predicted octanol–water partition coefficient (Wildman–Crippen LogP) is 5.11. The van der Waals surface area contributed by atoms with Crippen LogP contribution in [-0.4, -0.2) is 25.6 Å². The number of methoxy groups -OCH3 is 1. The molecule has 1 saturated carbocycles. The van der Waals surface area contributed by atoms with Crippen molar-refractivity contribution in [1.82, 2.24) is 0 Å². The molecule has 0 radical (unpaired) electrons. The summed E-state index contributed by atoms with van der Waals surface area (Å²) in [5.74, 6) is 0.992. The van der Waals surface area contributed by atoms with Crippen molar-refractivity contribution in [1.29, 1.82) is 0 Å². The van der Waals surface area contributed by atoms with E-state index in [1.807, 2.05) is 72.8 Å². The van der Waals surface area contributed by atoms with E-state index in [-0.39, 0.29) is 5.97 Å². The summed E-state index contributed by atoms with van der Waals surface area (Å²) in [7, 11) is 1.46. The minimum absolute atomic E-state index is 0.213. The Morgan fingerprint density at radius 1 is 0.862 bits per heavy atom. The van der Waals surface area contributed by atoms with E-state index in [0.29, 0.717) is 18.9 Å². The monoisotopic (exact) mass is 406 g/mol. The number of alkyl halides is 1. The van der Waals surface area contributed by atoms with Gasteiger partial charge in [-0.1, -0.05) is 72.8 Å². The number of hydrogen-bond donors (Lipinski definition) is 0. The number of carbonyl (C=O) groups is 1. The van der Waals surface area contributed by atoms with Crippen molar-refractivity contribution >= 4 is 17.6 Å². The molecule has 0 aliphatic heterocycles. The molecule has 1 aliphatic rings. The zero-order chi connectivity index (χ0) is 20.3. The number of ether oxygens (including phenoxy) is 2. The van der Waals surface area contributed by atoms with Gasteiger partial charge in [0.15, 0.2) is 0 Å². The normalized spacial score (nSPS) is 22.7. The number of hydrogen-bond acceptors (Lipinski definition) is 3. The maximum absolute atomic E-state index is 13.2. The molecule has 148 valence electrons. The van der Waals surface area contributed by atoms with Crippen molar-refractivity contribution in [3.63, 3.8) is 0 Å². The molecule has 0 saturated heterocycles. The van der Waals surface area contributed by atoms with E-state index in [0.717, 1.165) is 22.4 Å². The largest absolute Gasteiger partial charge is 0.492 e. The second-order valence-electron chi connectivity index (χ2n) is 7.27. The molecule has 0 bridgehead atoms. The van der Waals surface area contributed by atoms with Gasteiger partial charge < -0.3 is 9.47 Å². The summed E-state index contributed by atoms with van der Waals surface area (Å²) >= 11 is 5.72. The fraction of sp³-hybridized carbons (Fsp3) is 0.240. The molecule has 0 amide bonds. The molecular weight excluding hydrogens is 384 g/mol. The standard InChI is InChI=1S/C25H23ClO3/c1-28-23(27)25(20-10-6-3-7-11-20)18-24(25,19-8-4-2-5-9-19)21-12-14-22(15-13-21)29-17-16-26/h2-15H,16-18H2,1H3/t24-,25-/m1/s1. The first kappa shape index (κ1) is 19.5. The van der Waals surface area contributed by atoms with Crippen LogP contribution in [0.1, 0.15) is 23.1 Å². The third kappa shape index (κ3) is 3.10. The van der Waals surface area contributed by atoms with Crippen molar-refractivity contribution in [2.24, 2.45) is 0 Å². The highest BCUT2D eigenvalue weighted by atomic mass is 35.5. The molecule has 1 fully saturated rings. The van der Waals surface area contributed by atoms with E-state index in [1.165, 1.54) is 7.11 Å². The van der Waals surface area contributed by atoms with Crippen molar-refractivity contribution < 1.29 is 14.3 Å². The van der Waals surface area contributed by atoms with Crippen LogP contribution in [0.25, 0.3) is 0 Å². The fourth-order valence-corrected chi connectivity index (χ4v) is 4.62. The smallest absolute Gasteiger partial charge is 0.317 e. The van der Waals surface area contributed by atoms with E-state index in [9.17, 15) is 4.79 Å². The molecule has 0 aromatic heterocycles. The van der Waals surface area contributed by atoms with Gasteiger partial charge in [0, 0.05) is 5.41 Å². The van der Waals surface area contributed by atoms with Gasteiger partial charge in [-0.25, -0.2) is 0 Å². The van der Waals surface area contributed by atoms with Gasteiger partial charge in [0.05, 0.1) is 13.0 Å². The van der Waals surface area contributed by atoms with E-state index in [4.69, 9.17) is 21.1 Å². The number of halogens is 1. The first-order chi connectivity index (χ1) is 14.2. The van der Waals surface area contributed by atoms with E-state index in [2.05, 4.69) is 12.1 Å². The molecule has 0 unspecified atom stereocenters. The summed E-state index contributed by atoms with van der Waals surface area (Å²) in [4.78, 5) is 13.2. The molecule has 0 heterocycles. The first-order valence-corrected chi connectivity index (χ1v) is 10.2. The van der Waals surface area contributed by atoms with Crippen LogP contribution in [-0.2, 0) is 20.4 Å². The van der Waals surface area contributed by atoms with Gasteiger partial charge in [0.25, 0.3) is 0 Å². The highest BCUT2D eigenvalue weighted by Gasteiger charge is 2.74. The third-order valence-corrected chi connectivity index (χ3v) is 6.05. The fourth-order valence-electron chi connectivity index (χ4n) is 4.54. The van der Waals surface area contributed by atoms with Crippen LogP contribution >= 0.6 is 11.6 Å². The lowest BCUT2D eigenvalue weighted by molar-refractivity contribution is -0.144. The third-order valence-electron chi connectivity index (χ3n) is 5.89. The van der Waals surface area contributed by atoms with Gasteiger partial charge in [0.1, 0.15) is 17.8 Å². The first-order valence-electron chi connectivity index (χ1n) is 9.68. The van der Waals surface area contributed by atoms with E-state index < -0.39 is 10.8 Å². The topological polar surface area (TPSA) is 35.5 Å². The zero-order valence-electron chi connectivity index (χ0n) is 16.3. The predicted molar refractivity (Wildman–Crippen MR) is 115 cm³/mol. The Morgan fingerprint density at radius 2 is 1.41 bits per heavy atom. The molecular formula is C25H23ClO3. The minimum atomic E-state index is -0.761. The van der Waals surface area contributed by atoms with Crippen molar-refractivity contribution in [2.45, 2.75) is 17.3 Å². The Kier molecular flexibility index (Phi) is 5.33. The lowest BCUT2D eigenvalue weighted by Gasteiger charge is -2.26. The number of rotatable bonds is 7. The number of esters is 1. The van der Waals surface area contributed by atoms with Gasteiger partial charge in [-0.15, -0.1) is 11.6 Å². The van der Waals surface area contributed by atoms with Crippen molar-refractivity contribution in [3.05, 3.63) is 102 Å². The summed E-state index contributed by atoms with van der Waals surface area (Å²) in [5.41, 5.74) is 1.88. The highest BCUT2D eigenvalue weighted by Crippen LogP contribution is 2.69. The van der Waals surface area contributed by atoms with Crippen LogP contribution < -0.4 is 4.74 Å². The van der Waals surface area contributed by atoms with Gasteiger partial charge in [-0.05, 0) is 35.2 Å². The average Bonchev–Trinajstić information content (AvgIpc) is 3.51. The Hall–Kier alpha value is -2.78. The van der Waals surface area contributed by atoms with Gasteiger partial charge in [0.2, 0.25) is 0 Å². The molecule has 3 nitrogen and oxygen atoms in total. The molecule has 3 aromatic carbocycles. The summed E-state index contributed by atoms with van der Waals surface area (Å²) in [6.07, 6.45) is 0.655. The molecule has 0 spiro atoms. The summed E-state index contributed by atoms with van der Waals surface area (Å²) in [5, 5.41) is 0. The maximum atomic E-state index is 13.2. The Bertz CT molecular complexity index is 972. The molecule has 29 heavy (non-hydrogen) atoms. The van der Waals surface area contributed by atoms with Crippen LogP contribution in [0.15, 0.2) is 84.9 Å². The lowest BCUT2D eigenvalue weighted by atomic mass is 9.77. The molecule has 1 aliphatic carbocycles. The summed E-state index contributed by atoms with van der Waals surface area (Å²) < 4.78 is 11.0. The van der Waals surface area contributed by atoms with Crippen LogP contribution in [0.2, 0.25) is 0 Å². The molecule has 4 heteroatoms. The van der Waals surface area contributed by atoms with Gasteiger partial charge in [-0.3, -0.25) is 4.79 Å². The Morgan fingerprint density at radius 3 is 1.97 bits per heavy atom. The van der Waals surface area contributed by atoms with Crippen LogP contribution in [0.3, 0.4) is 0 Å². The SMILES string of the molecule is COC(=O)[C@]1(c2ccccc2)C[C@@]1(c1ccccc1)c1ccc(OCCCl)cc1.